The maximum atomic E-state index is 9.25. The summed E-state index contributed by atoms with van der Waals surface area (Å²) >= 11 is 0. The molecule has 3 N–H and O–H groups in total. The van der Waals surface area contributed by atoms with Crippen LogP contribution in [-0.4, -0.2) is 5.11 Å². The van der Waals surface area contributed by atoms with E-state index in [4.69, 9.17) is 14.9 Å². The lowest BCUT2D eigenvalue weighted by molar-refractivity contribution is 0.306. The number of nitrogens with two attached hydrogens (primary N) is 1. The van der Waals surface area contributed by atoms with Gasteiger partial charge in [-0.3, -0.25) is 0 Å². The van der Waals surface area contributed by atoms with Crippen molar-refractivity contribution in [1.82, 2.24) is 0 Å². The molecule has 0 fully saturated rings. The smallest absolute Gasteiger partial charge is 0.134 e. The second kappa shape index (κ2) is 5.50. The van der Waals surface area contributed by atoms with Crippen molar-refractivity contribution in [2.75, 3.05) is 0 Å². The lowest BCUT2D eigenvalue weighted by Crippen LogP contribution is -2.02. The normalized spacial score (nSPS) is 12.5. The molecule has 4 heteroatoms. The van der Waals surface area contributed by atoms with Crippen molar-refractivity contribution in [3.63, 3.8) is 0 Å². The quantitative estimate of drug-likeness (QED) is 0.765. The summed E-state index contributed by atoms with van der Waals surface area (Å²) in [7, 11) is 0. The number of benzene rings is 2. The highest BCUT2D eigenvalue weighted by Crippen LogP contribution is 2.27. The van der Waals surface area contributed by atoms with Gasteiger partial charge in [0.05, 0.1) is 6.04 Å². The molecule has 1 atom stereocenters. The molecular weight excluding hydrogens is 266 g/mol. The molecule has 0 radical (unpaired) electrons. The average Bonchev–Trinajstić information content (AvgIpc) is 2.90. The number of phenolic OH excluding ortho intramolecular Hbond substituents is 1. The van der Waals surface area contributed by atoms with Gasteiger partial charge in [-0.1, -0.05) is 12.1 Å². The zero-order valence-electron chi connectivity index (χ0n) is 11.7. The molecule has 3 rings (SSSR count). The van der Waals surface area contributed by atoms with Crippen LogP contribution in [-0.2, 0) is 6.61 Å². The maximum absolute atomic E-state index is 9.25. The van der Waals surface area contributed by atoms with Crippen LogP contribution in [0.5, 0.6) is 11.5 Å². The standard InChI is InChI=1S/C17H17NO3/c1-11(18)17-9-13-8-15(6-7-16(13)21-17)20-10-12-2-4-14(19)5-3-12/h2-9,11,19H,10,18H2,1H3. The first-order valence-electron chi connectivity index (χ1n) is 6.81. The molecule has 2 aromatic carbocycles. The molecule has 1 heterocycles. The van der Waals surface area contributed by atoms with Gasteiger partial charge in [-0.25, -0.2) is 0 Å². The summed E-state index contributed by atoms with van der Waals surface area (Å²) in [5.41, 5.74) is 7.62. The molecule has 0 aliphatic rings. The van der Waals surface area contributed by atoms with E-state index >= 15 is 0 Å². The molecule has 1 aromatic heterocycles. The molecule has 3 aromatic rings. The van der Waals surface area contributed by atoms with E-state index in [9.17, 15) is 5.11 Å². The molecule has 0 amide bonds. The highest BCUT2D eigenvalue weighted by Gasteiger charge is 2.08. The molecule has 0 spiro atoms. The number of rotatable bonds is 4. The second-order valence-electron chi connectivity index (χ2n) is 5.09. The fourth-order valence-electron chi connectivity index (χ4n) is 2.11. The van der Waals surface area contributed by atoms with Gasteiger partial charge in [-0.15, -0.1) is 0 Å². The van der Waals surface area contributed by atoms with Gasteiger partial charge in [-0.2, -0.15) is 0 Å². The number of hydrogen-bond donors (Lipinski definition) is 2. The maximum Gasteiger partial charge on any atom is 0.134 e. The number of ether oxygens (including phenoxy) is 1. The number of fused-ring (bicyclic) bond motifs is 1. The van der Waals surface area contributed by atoms with E-state index in [1.807, 2.05) is 43.3 Å². The highest BCUT2D eigenvalue weighted by molar-refractivity contribution is 5.79. The fraction of sp³-hybridized carbons (Fsp3) is 0.176. The van der Waals surface area contributed by atoms with Crippen LogP contribution in [0.3, 0.4) is 0 Å². The predicted octanol–water partition coefficient (Wildman–Crippen LogP) is 3.74. The van der Waals surface area contributed by atoms with Crippen molar-refractivity contribution >= 4 is 11.0 Å². The SMILES string of the molecule is CC(N)c1cc2cc(OCc3ccc(O)cc3)ccc2o1. The Morgan fingerprint density at radius 2 is 1.90 bits per heavy atom. The van der Waals surface area contributed by atoms with Crippen molar-refractivity contribution in [2.45, 2.75) is 19.6 Å². The van der Waals surface area contributed by atoms with Gasteiger partial charge in [0.2, 0.25) is 0 Å². The first-order valence-corrected chi connectivity index (χ1v) is 6.81. The summed E-state index contributed by atoms with van der Waals surface area (Å²) in [4.78, 5) is 0. The molecule has 0 saturated heterocycles. The van der Waals surface area contributed by atoms with Gasteiger partial charge in [0.25, 0.3) is 0 Å². The lowest BCUT2D eigenvalue weighted by atomic mass is 10.2. The zero-order chi connectivity index (χ0) is 14.8. The summed E-state index contributed by atoms with van der Waals surface area (Å²) in [6, 6.07) is 14.5. The van der Waals surface area contributed by atoms with Gasteiger partial charge < -0.3 is 20.0 Å². The summed E-state index contributed by atoms with van der Waals surface area (Å²) in [5, 5.41) is 10.2. The molecule has 0 aliphatic heterocycles. The third kappa shape index (κ3) is 3.01. The van der Waals surface area contributed by atoms with E-state index in [2.05, 4.69) is 0 Å². The second-order valence-corrected chi connectivity index (χ2v) is 5.09. The van der Waals surface area contributed by atoms with E-state index < -0.39 is 0 Å². The van der Waals surface area contributed by atoms with Gasteiger partial charge in [0.1, 0.15) is 29.4 Å². The Labute approximate surface area is 122 Å². The van der Waals surface area contributed by atoms with Crippen LogP contribution in [0, 0.1) is 0 Å². The molecule has 1 unspecified atom stereocenters. The largest absolute Gasteiger partial charge is 0.508 e. The van der Waals surface area contributed by atoms with Crippen LogP contribution in [0.15, 0.2) is 52.9 Å². The molecule has 0 aliphatic carbocycles. The summed E-state index contributed by atoms with van der Waals surface area (Å²) < 4.78 is 11.4. The molecule has 4 nitrogen and oxygen atoms in total. The van der Waals surface area contributed by atoms with Crippen LogP contribution in [0.25, 0.3) is 11.0 Å². The molecule has 0 saturated carbocycles. The van der Waals surface area contributed by atoms with Gasteiger partial charge in [0.15, 0.2) is 0 Å². The van der Waals surface area contributed by atoms with E-state index in [0.717, 1.165) is 28.0 Å². The van der Waals surface area contributed by atoms with Crippen molar-refractivity contribution < 1.29 is 14.3 Å². The topological polar surface area (TPSA) is 68.6 Å². The molecule has 108 valence electrons. The fourth-order valence-corrected chi connectivity index (χ4v) is 2.11. The molecular formula is C17H17NO3. The predicted molar refractivity (Wildman–Crippen MR) is 81.3 cm³/mol. The van der Waals surface area contributed by atoms with Crippen molar-refractivity contribution in [3.8, 4) is 11.5 Å². The highest BCUT2D eigenvalue weighted by atomic mass is 16.5. The van der Waals surface area contributed by atoms with Crippen LogP contribution >= 0.6 is 0 Å². The Morgan fingerprint density at radius 3 is 2.62 bits per heavy atom. The first-order chi connectivity index (χ1) is 10.1. The number of aromatic hydroxyl groups is 1. The van der Waals surface area contributed by atoms with E-state index in [-0.39, 0.29) is 11.8 Å². The zero-order valence-corrected chi connectivity index (χ0v) is 11.7. The monoisotopic (exact) mass is 283 g/mol. The van der Waals surface area contributed by atoms with Gasteiger partial charge in [-0.05, 0) is 48.9 Å². The Bertz CT molecular complexity index is 744. The van der Waals surface area contributed by atoms with Crippen molar-refractivity contribution in [3.05, 3.63) is 59.9 Å². The van der Waals surface area contributed by atoms with Crippen LogP contribution < -0.4 is 10.5 Å². The Balaban J connectivity index is 1.76. The van der Waals surface area contributed by atoms with Crippen LogP contribution in [0.2, 0.25) is 0 Å². The molecule has 0 bridgehead atoms. The van der Waals surface area contributed by atoms with Gasteiger partial charge >= 0.3 is 0 Å². The first kappa shape index (κ1) is 13.5. The number of hydrogen-bond acceptors (Lipinski definition) is 4. The summed E-state index contributed by atoms with van der Waals surface area (Å²) in [6.45, 7) is 2.34. The third-order valence-corrected chi connectivity index (χ3v) is 3.30. The summed E-state index contributed by atoms with van der Waals surface area (Å²) in [6.07, 6.45) is 0. The van der Waals surface area contributed by atoms with Crippen molar-refractivity contribution in [1.29, 1.82) is 0 Å². The van der Waals surface area contributed by atoms with E-state index in [1.165, 1.54) is 0 Å². The van der Waals surface area contributed by atoms with Crippen molar-refractivity contribution in [2.24, 2.45) is 5.73 Å². The lowest BCUT2D eigenvalue weighted by Gasteiger charge is -2.06. The number of phenols is 1. The average molecular weight is 283 g/mol. The van der Waals surface area contributed by atoms with Crippen LogP contribution in [0.4, 0.5) is 0 Å². The molecule has 21 heavy (non-hydrogen) atoms. The van der Waals surface area contributed by atoms with Gasteiger partial charge in [0, 0.05) is 5.39 Å². The summed E-state index contributed by atoms with van der Waals surface area (Å²) in [5.74, 6) is 1.79. The van der Waals surface area contributed by atoms with E-state index in [1.54, 1.807) is 12.1 Å². The Kier molecular flexibility index (Phi) is 3.54. The Morgan fingerprint density at radius 1 is 1.14 bits per heavy atom. The minimum Gasteiger partial charge on any atom is -0.508 e. The van der Waals surface area contributed by atoms with Crippen LogP contribution in [0.1, 0.15) is 24.3 Å². The third-order valence-electron chi connectivity index (χ3n) is 3.30. The number of furan rings is 1. The Hall–Kier alpha value is -2.46. The minimum absolute atomic E-state index is 0.126. The minimum atomic E-state index is -0.126. The van der Waals surface area contributed by atoms with E-state index in [0.29, 0.717) is 6.61 Å².